The highest BCUT2D eigenvalue weighted by molar-refractivity contribution is 9.14. The SMILES string of the molecule is C/C=C(/C[C@H](NS(=O)(=O)C1CC=C(Br)S1)C(=O)O)c1c(C)c(F)c(F)c(F)c1F. The molecule has 1 aromatic rings. The van der Waals surface area contributed by atoms with Crippen LogP contribution >= 0.6 is 27.7 Å². The van der Waals surface area contributed by atoms with Crippen LogP contribution in [0.2, 0.25) is 0 Å². The van der Waals surface area contributed by atoms with Crippen molar-refractivity contribution < 1.29 is 35.9 Å². The number of thioether (sulfide) groups is 1. The maximum Gasteiger partial charge on any atom is 0.322 e. The molecule has 0 saturated carbocycles. The number of carbonyl (C=O) groups is 1. The smallest absolute Gasteiger partial charge is 0.322 e. The number of halogens is 5. The van der Waals surface area contributed by atoms with E-state index in [-0.39, 0.29) is 12.0 Å². The van der Waals surface area contributed by atoms with Gasteiger partial charge in [-0.05, 0) is 53.8 Å². The highest BCUT2D eigenvalue weighted by Gasteiger charge is 2.35. The molecule has 0 radical (unpaired) electrons. The van der Waals surface area contributed by atoms with E-state index in [4.69, 9.17) is 0 Å². The second kappa shape index (κ2) is 9.19. The average molecular weight is 518 g/mol. The number of benzene rings is 1. The van der Waals surface area contributed by atoms with Crippen LogP contribution < -0.4 is 4.72 Å². The van der Waals surface area contributed by atoms with Crippen molar-refractivity contribution in [3.8, 4) is 0 Å². The van der Waals surface area contributed by atoms with Gasteiger partial charge in [0.05, 0.1) is 0 Å². The molecular weight excluding hydrogens is 502 g/mol. The van der Waals surface area contributed by atoms with Crippen LogP contribution in [0.25, 0.3) is 5.57 Å². The van der Waals surface area contributed by atoms with Gasteiger partial charge in [-0.2, -0.15) is 4.72 Å². The van der Waals surface area contributed by atoms with Gasteiger partial charge in [-0.15, -0.1) is 0 Å². The Labute approximate surface area is 177 Å². The standard InChI is InChI=1S/C17H16BrF4NO4S2/c1-3-8(12-7(2)13(19)15(21)16(22)14(12)20)6-9(17(24)25)23-29(26,27)11-5-4-10(18)28-11/h3-4,9,11,23H,5-6H2,1-2H3,(H,24,25)/b8-3-/t9-,11?/m0/s1. The molecule has 29 heavy (non-hydrogen) atoms. The lowest BCUT2D eigenvalue weighted by Crippen LogP contribution is -2.44. The second-order valence-corrected chi connectivity index (χ2v) is 10.9. The topological polar surface area (TPSA) is 83.5 Å². The van der Waals surface area contributed by atoms with Gasteiger partial charge in [0, 0.05) is 9.38 Å². The summed E-state index contributed by atoms with van der Waals surface area (Å²) in [6, 6.07) is -1.74. The first-order valence-corrected chi connectivity index (χ1v) is 11.4. The normalized spacial score (nSPS) is 18.7. The third kappa shape index (κ3) is 5.04. The van der Waals surface area contributed by atoms with Crippen LogP contribution in [0.1, 0.15) is 30.9 Å². The molecule has 0 saturated heterocycles. The molecular formula is C17H16BrF4NO4S2. The summed E-state index contributed by atoms with van der Waals surface area (Å²) < 4.78 is 81.9. The summed E-state index contributed by atoms with van der Waals surface area (Å²) in [6.07, 6.45) is 2.34. The Morgan fingerprint density at radius 2 is 1.90 bits per heavy atom. The van der Waals surface area contributed by atoms with E-state index in [9.17, 15) is 35.9 Å². The van der Waals surface area contributed by atoms with Gasteiger partial charge in [0.25, 0.3) is 0 Å². The Balaban J connectivity index is 2.37. The monoisotopic (exact) mass is 517 g/mol. The minimum Gasteiger partial charge on any atom is -0.480 e. The number of carboxylic acid groups (broad SMARTS) is 1. The van der Waals surface area contributed by atoms with Crippen molar-refractivity contribution in [3.05, 3.63) is 50.4 Å². The van der Waals surface area contributed by atoms with Gasteiger partial charge in [0.15, 0.2) is 23.3 Å². The van der Waals surface area contributed by atoms with Crippen molar-refractivity contribution in [1.82, 2.24) is 4.72 Å². The van der Waals surface area contributed by atoms with Crippen molar-refractivity contribution in [3.63, 3.8) is 0 Å². The summed E-state index contributed by atoms with van der Waals surface area (Å²) in [5.74, 6) is -8.87. The predicted molar refractivity (Wildman–Crippen MR) is 106 cm³/mol. The molecule has 2 atom stereocenters. The van der Waals surface area contributed by atoms with E-state index >= 15 is 0 Å². The van der Waals surface area contributed by atoms with E-state index in [0.29, 0.717) is 3.81 Å². The first-order chi connectivity index (χ1) is 13.4. The molecule has 0 bridgehead atoms. The molecule has 0 fully saturated rings. The van der Waals surface area contributed by atoms with E-state index in [2.05, 4.69) is 15.9 Å². The Hall–Kier alpha value is -1.37. The van der Waals surface area contributed by atoms with Gasteiger partial charge in [0.1, 0.15) is 10.6 Å². The molecule has 1 unspecified atom stereocenters. The molecule has 5 nitrogen and oxygen atoms in total. The largest absolute Gasteiger partial charge is 0.480 e. The minimum atomic E-state index is -4.10. The number of hydrogen-bond acceptors (Lipinski definition) is 4. The van der Waals surface area contributed by atoms with Gasteiger partial charge in [0.2, 0.25) is 10.0 Å². The maximum absolute atomic E-state index is 14.3. The zero-order valence-electron chi connectivity index (χ0n) is 15.1. The molecule has 2 N–H and O–H groups in total. The zero-order chi connectivity index (χ0) is 22.1. The second-order valence-electron chi connectivity index (χ2n) is 6.12. The van der Waals surface area contributed by atoms with E-state index in [1.54, 1.807) is 6.08 Å². The highest BCUT2D eigenvalue weighted by atomic mass is 79.9. The fraction of sp³-hybridized carbons (Fsp3) is 0.353. The number of aliphatic carboxylic acids is 1. The lowest BCUT2D eigenvalue weighted by atomic mass is 9.93. The van der Waals surface area contributed by atoms with Crippen LogP contribution in [0.15, 0.2) is 16.0 Å². The van der Waals surface area contributed by atoms with Crippen molar-refractivity contribution in [2.75, 3.05) is 0 Å². The quantitative estimate of drug-likeness (QED) is 0.318. The number of nitrogens with one attached hydrogen (secondary N) is 1. The van der Waals surface area contributed by atoms with Gasteiger partial charge in [-0.3, -0.25) is 4.79 Å². The first-order valence-electron chi connectivity index (χ1n) is 8.15. The highest BCUT2D eigenvalue weighted by Crippen LogP contribution is 2.39. The number of carboxylic acids is 1. The number of hydrogen-bond donors (Lipinski definition) is 2. The molecule has 0 aromatic heterocycles. The van der Waals surface area contributed by atoms with Crippen molar-refractivity contribution in [2.24, 2.45) is 0 Å². The van der Waals surface area contributed by atoms with E-state index in [1.807, 2.05) is 4.72 Å². The Bertz CT molecular complexity index is 982. The third-order valence-electron chi connectivity index (χ3n) is 4.26. The molecule has 1 aromatic carbocycles. The predicted octanol–water partition coefficient (Wildman–Crippen LogP) is 4.42. The summed E-state index contributed by atoms with van der Waals surface area (Å²) in [5, 5.41) is 9.43. The molecule has 12 heteroatoms. The maximum atomic E-state index is 14.3. The summed E-state index contributed by atoms with van der Waals surface area (Å²) >= 11 is 4.12. The Morgan fingerprint density at radius 1 is 1.31 bits per heavy atom. The van der Waals surface area contributed by atoms with Gasteiger partial charge < -0.3 is 5.11 Å². The summed E-state index contributed by atoms with van der Waals surface area (Å²) in [4.78, 5) is 11.6. The third-order valence-corrected chi connectivity index (χ3v) is 8.54. The van der Waals surface area contributed by atoms with Gasteiger partial charge >= 0.3 is 5.97 Å². The summed E-state index contributed by atoms with van der Waals surface area (Å²) in [6.45, 7) is 2.37. The lowest BCUT2D eigenvalue weighted by Gasteiger charge is -2.20. The Morgan fingerprint density at radius 3 is 2.38 bits per heavy atom. The van der Waals surface area contributed by atoms with Crippen LogP contribution in [0.5, 0.6) is 0 Å². The van der Waals surface area contributed by atoms with Crippen LogP contribution in [0.3, 0.4) is 0 Å². The molecule has 0 amide bonds. The molecule has 160 valence electrons. The van der Waals surface area contributed by atoms with Crippen LogP contribution in [-0.4, -0.2) is 30.1 Å². The lowest BCUT2D eigenvalue weighted by molar-refractivity contribution is -0.138. The molecule has 1 heterocycles. The average Bonchev–Trinajstić information content (AvgIpc) is 3.10. The molecule has 0 aliphatic carbocycles. The fourth-order valence-electron chi connectivity index (χ4n) is 2.76. The zero-order valence-corrected chi connectivity index (χ0v) is 18.3. The van der Waals surface area contributed by atoms with Crippen molar-refractivity contribution >= 4 is 49.3 Å². The summed E-state index contributed by atoms with van der Waals surface area (Å²) in [7, 11) is -4.10. The van der Waals surface area contributed by atoms with Crippen LogP contribution in [0.4, 0.5) is 17.6 Å². The van der Waals surface area contributed by atoms with Crippen molar-refractivity contribution in [1.29, 1.82) is 0 Å². The first kappa shape index (κ1) is 23.9. The van der Waals surface area contributed by atoms with Crippen LogP contribution in [0, 0.1) is 30.2 Å². The minimum absolute atomic E-state index is 0.144. The molecule has 1 aliphatic rings. The van der Waals surface area contributed by atoms with Crippen LogP contribution in [-0.2, 0) is 14.8 Å². The molecule has 2 rings (SSSR count). The fourth-order valence-corrected chi connectivity index (χ4v) is 6.70. The summed E-state index contributed by atoms with van der Waals surface area (Å²) in [5.41, 5.74) is -1.39. The number of rotatable bonds is 7. The van der Waals surface area contributed by atoms with E-state index < -0.39 is 67.4 Å². The van der Waals surface area contributed by atoms with E-state index in [0.717, 1.165) is 18.7 Å². The number of allylic oxidation sites excluding steroid dienone is 2. The molecule has 0 spiro atoms. The number of sulfonamides is 1. The Kier molecular flexibility index (Phi) is 7.57. The van der Waals surface area contributed by atoms with Gasteiger partial charge in [-0.1, -0.05) is 23.9 Å². The van der Waals surface area contributed by atoms with E-state index in [1.165, 1.54) is 13.0 Å². The molecule has 1 aliphatic heterocycles. The van der Waals surface area contributed by atoms with Crippen molar-refractivity contribution in [2.45, 2.75) is 37.3 Å². The van der Waals surface area contributed by atoms with Gasteiger partial charge in [-0.25, -0.2) is 26.0 Å².